The lowest BCUT2D eigenvalue weighted by Gasteiger charge is -2.20. The van der Waals surface area contributed by atoms with Crippen LogP contribution in [0, 0.1) is 6.92 Å². The number of hydrogen-bond acceptors (Lipinski definition) is 4. The Labute approximate surface area is 113 Å². The van der Waals surface area contributed by atoms with Crippen LogP contribution in [0.5, 0.6) is 11.5 Å². The summed E-state index contributed by atoms with van der Waals surface area (Å²) in [5, 5.41) is 0. The summed E-state index contributed by atoms with van der Waals surface area (Å²) >= 11 is 0. The molecule has 0 fully saturated rings. The van der Waals surface area contributed by atoms with Crippen molar-refractivity contribution in [3.63, 3.8) is 0 Å². The molecular formula is C15H20O4. The monoisotopic (exact) mass is 264 g/mol. The lowest BCUT2D eigenvalue weighted by molar-refractivity contribution is -0.0432. The van der Waals surface area contributed by atoms with E-state index in [-0.39, 0.29) is 5.97 Å². The first-order chi connectivity index (χ1) is 8.57. The van der Waals surface area contributed by atoms with E-state index in [1.807, 2.05) is 47.6 Å². The van der Waals surface area contributed by atoms with Gasteiger partial charge in [0.2, 0.25) is 5.79 Å². The number of aryl methyl sites for hydroxylation is 1. The molecule has 1 aliphatic rings. The second-order valence-corrected chi connectivity index (χ2v) is 6.22. The molecule has 0 bridgehead atoms. The van der Waals surface area contributed by atoms with Crippen LogP contribution < -0.4 is 9.47 Å². The fourth-order valence-corrected chi connectivity index (χ4v) is 1.92. The highest BCUT2D eigenvalue weighted by Gasteiger charge is 2.33. The summed E-state index contributed by atoms with van der Waals surface area (Å²) in [7, 11) is 0. The predicted molar refractivity (Wildman–Crippen MR) is 71.7 cm³/mol. The molecule has 0 unspecified atom stereocenters. The molecular weight excluding hydrogens is 244 g/mol. The van der Waals surface area contributed by atoms with Gasteiger partial charge in [-0.05, 0) is 45.4 Å². The first kappa shape index (κ1) is 13.7. The van der Waals surface area contributed by atoms with E-state index in [0.29, 0.717) is 17.1 Å². The van der Waals surface area contributed by atoms with Gasteiger partial charge in [-0.2, -0.15) is 0 Å². The van der Waals surface area contributed by atoms with Crippen molar-refractivity contribution >= 4 is 5.97 Å². The van der Waals surface area contributed by atoms with Gasteiger partial charge in [-0.3, -0.25) is 0 Å². The summed E-state index contributed by atoms with van der Waals surface area (Å²) in [6, 6.07) is 3.50. The number of carbonyl (C=O) groups is 1. The summed E-state index contributed by atoms with van der Waals surface area (Å²) < 4.78 is 16.7. The largest absolute Gasteiger partial charge is 0.456 e. The van der Waals surface area contributed by atoms with Crippen LogP contribution in [-0.2, 0) is 4.74 Å². The van der Waals surface area contributed by atoms with E-state index in [1.165, 1.54) is 0 Å². The third-order valence-corrected chi connectivity index (χ3v) is 2.62. The Morgan fingerprint density at radius 1 is 1.16 bits per heavy atom. The first-order valence-electron chi connectivity index (χ1n) is 6.33. The van der Waals surface area contributed by atoms with E-state index in [9.17, 15) is 4.79 Å². The molecule has 0 saturated carbocycles. The van der Waals surface area contributed by atoms with Crippen molar-refractivity contribution in [1.82, 2.24) is 0 Å². The Morgan fingerprint density at radius 2 is 1.68 bits per heavy atom. The summed E-state index contributed by atoms with van der Waals surface area (Å²) in [4.78, 5) is 12.1. The average Bonchev–Trinajstić information content (AvgIpc) is 2.46. The Hall–Kier alpha value is -1.71. The summed E-state index contributed by atoms with van der Waals surface area (Å²) in [6.07, 6.45) is 0. The van der Waals surface area contributed by atoms with Crippen LogP contribution in [0.1, 0.15) is 50.5 Å². The lowest BCUT2D eigenvalue weighted by Crippen LogP contribution is -2.29. The van der Waals surface area contributed by atoms with Gasteiger partial charge in [0, 0.05) is 13.8 Å². The van der Waals surface area contributed by atoms with Crippen LogP contribution in [0.25, 0.3) is 0 Å². The molecule has 19 heavy (non-hydrogen) atoms. The Morgan fingerprint density at radius 3 is 2.21 bits per heavy atom. The summed E-state index contributed by atoms with van der Waals surface area (Å²) in [5.74, 6) is 0.203. The van der Waals surface area contributed by atoms with Crippen molar-refractivity contribution < 1.29 is 19.0 Å². The molecule has 4 nitrogen and oxygen atoms in total. The van der Waals surface area contributed by atoms with Gasteiger partial charge in [0.1, 0.15) is 5.60 Å². The molecule has 1 heterocycles. The van der Waals surface area contributed by atoms with Gasteiger partial charge in [-0.15, -0.1) is 0 Å². The topological polar surface area (TPSA) is 44.8 Å². The maximum atomic E-state index is 12.1. The smallest absolute Gasteiger partial charge is 0.339 e. The van der Waals surface area contributed by atoms with Gasteiger partial charge in [0.05, 0.1) is 5.56 Å². The second-order valence-electron chi connectivity index (χ2n) is 6.22. The molecule has 0 N–H and O–H groups in total. The number of carbonyl (C=O) groups excluding carboxylic acids is 1. The van der Waals surface area contributed by atoms with E-state index in [2.05, 4.69) is 0 Å². The molecule has 104 valence electrons. The molecule has 1 aromatic carbocycles. The molecule has 0 aromatic heterocycles. The van der Waals surface area contributed by atoms with Crippen molar-refractivity contribution in [1.29, 1.82) is 0 Å². The highest BCUT2D eigenvalue weighted by Crippen LogP contribution is 2.41. The number of hydrogen-bond donors (Lipinski definition) is 0. The van der Waals surface area contributed by atoms with E-state index < -0.39 is 11.4 Å². The molecule has 1 aliphatic heterocycles. The molecule has 0 aliphatic carbocycles. The summed E-state index contributed by atoms with van der Waals surface area (Å²) in [6.45, 7) is 11.0. The van der Waals surface area contributed by atoms with E-state index in [0.717, 1.165) is 5.56 Å². The van der Waals surface area contributed by atoms with Crippen LogP contribution in [0.3, 0.4) is 0 Å². The minimum Gasteiger partial charge on any atom is -0.456 e. The fraction of sp³-hybridized carbons (Fsp3) is 0.533. The Balaban J connectivity index is 2.32. The molecule has 0 atom stereocenters. The predicted octanol–water partition coefficient (Wildman–Crippen LogP) is 3.46. The normalized spacial score (nSPS) is 16.3. The number of esters is 1. The average molecular weight is 264 g/mol. The van der Waals surface area contributed by atoms with Crippen molar-refractivity contribution in [2.75, 3.05) is 0 Å². The number of benzene rings is 1. The highest BCUT2D eigenvalue weighted by molar-refractivity contribution is 5.92. The molecule has 0 amide bonds. The summed E-state index contributed by atoms with van der Waals surface area (Å²) in [5.41, 5.74) is 0.809. The van der Waals surface area contributed by atoms with Gasteiger partial charge < -0.3 is 14.2 Å². The highest BCUT2D eigenvalue weighted by atomic mass is 16.7. The second kappa shape index (κ2) is 4.15. The molecule has 0 spiro atoms. The first-order valence-corrected chi connectivity index (χ1v) is 6.33. The van der Waals surface area contributed by atoms with Crippen LogP contribution in [0.2, 0.25) is 0 Å². The zero-order chi connectivity index (χ0) is 14.4. The van der Waals surface area contributed by atoms with Gasteiger partial charge in [-0.25, -0.2) is 4.79 Å². The van der Waals surface area contributed by atoms with E-state index >= 15 is 0 Å². The lowest BCUT2D eigenvalue weighted by atomic mass is 10.1. The zero-order valence-electron chi connectivity index (χ0n) is 12.3. The fourth-order valence-electron chi connectivity index (χ4n) is 1.92. The maximum Gasteiger partial charge on any atom is 0.339 e. The molecule has 4 heteroatoms. The minimum atomic E-state index is -0.693. The molecule has 0 radical (unpaired) electrons. The number of rotatable bonds is 1. The van der Waals surface area contributed by atoms with Crippen molar-refractivity contribution in [3.05, 3.63) is 23.3 Å². The quantitative estimate of drug-likeness (QED) is 0.729. The van der Waals surface area contributed by atoms with Crippen LogP contribution >= 0.6 is 0 Å². The van der Waals surface area contributed by atoms with Gasteiger partial charge in [0.15, 0.2) is 11.5 Å². The van der Waals surface area contributed by atoms with Crippen LogP contribution in [0.15, 0.2) is 12.1 Å². The Bertz CT molecular complexity index is 524. The molecule has 2 rings (SSSR count). The van der Waals surface area contributed by atoms with Gasteiger partial charge >= 0.3 is 5.97 Å². The molecule has 1 aromatic rings. The van der Waals surface area contributed by atoms with Crippen molar-refractivity contribution in [2.24, 2.45) is 0 Å². The minimum absolute atomic E-state index is 0.346. The standard InChI is InChI=1S/C15H20O4/c1-9-7-11-12(18-15(5,6)17-11)8-10(9)13(16)19-14(2,3)4/h7-8H,1-6H3. The van der Waals surface area contributed by atoms with Crippen LogP contribution in [0.4, 0.5) is 0 Å². The van der Waals surface area contributed by atoms with Crippen molar-refractivity contribution in [3.8, 4) is 11.5 Å². The third kappa shape index (κ3) is 3.00. The number of ether oxygens (including phenoxy) is 3. The van der Waals surface area contributed by atoms with Gasteiger partial charge in [-0.1, -0.05) is 0 Å². The van der Waals surface area contributed by atoms with Gasteiger partial charge in [0.25, 0.3) is 0 Å². The maximum absolute atomic E-state index is 12.1. The zero-order valence-corrected chi connectivity index (χ0v) is 12.3. The SMILES string of the molecule is Cc1cc2c(cc1C(=O)OC(C)(C)C)OC(C)(C)O2. The number of fused-ring (bicyclic) bond motifs is 1. The van der Waals surface area contributed by atoms with Crippen molar-refractivity contribution in [2.45, 2.75) is 52.9 Å². The third-order valence-electron chi connectivity index (χ3n) is 2.62. The van der Waals surface area contributed by atoms with Crippen LogP contribution in [-0.4, -0.2) is 17.4 Å². The van der Waals surface area contributed by atoms with E-state index in [1.54, 1.807) is 6.07 Å². The molecule has 0 saturated heterocycles. The van der Waals surface area contributed by atoms with E-state index in [4.69, 9.17) is 14.2 Å². The Kier molecular flexibility index (Phi) is 3.00.